The van der Waals surface area contributed by atoms with Crippen molar-refractivity contribution in [3.63, 3.8) is 0 Å². The zero-order chi connectivity index (χ0) is 11.5. The summed E-state index contributed by atoms with van der Waals surface area (Å²) in [5.74, 6) is 0. The summed E-state index contributed by atoms with van der Waals surface area (Å²) < 4.78 is 0. The van der Waals surface area contributed by atoms with Gasteiger partial charge in [-0.05, 0) is 24.9 Å². The van der Waals surface area contributed by atoms with E-state index < -0.39 is 0 Å². The summed E-state index contributed by atoms with van der Waals surface area (Å²) in [7, 11) is 0. The average molecular weight is 223 g/mol. The Morgan fingerprint density at radius 3 is 2.12 bits per heavy atom. The van der Waals surface area contributed by atoms with E-state index in [1.165, 1.54) is 18.4 Å². The van der Waals surface area contributed by atoms with E-state index in [9.17, 15) is 0 Å². The van der Waals surface area contributed by atoms with Crippen molar-refractivity contribution in [1.82, 2.24) is 5.32 Å². The van der Waals surface area contributed by atoms with Gasteiger partial charge in [0, 0.05) is 6.04 Å². The number of hydrogen-bond acceptors (Lipinski definition) is 1. The number of benzene rings is 1. The Bertz CT molecular complexity index is 216. The first kappa shape index (κ1) is 17.6. The molecule has 0 saturated heterocycles. The van der Waals surface area contributed by atoms with Crippen molar-refractivity contribution in [2.24, 2.45) is 0 Å². The summed E-state index contributed by atoms with van der Waals surface area (Å²) >= 11 is 0. The minimum absolute atomic E-state index is 0. The maximum atomic E-state index is 3.42. The van der Waals surface area contributed by atoms with Crippen molar-refractivity contribution in [3.8, 4) is 0 Å². The molecule has 0 atom stereocenters. The van der Waals surface area contributed by atoms with E-state index in [0.29, 0.717) is 6.04 Å². The lowest BCUT2D eigenvalue weighted by Crippen LogP contribution is -2.23. The van der Waals surface area contributed by atoms with Crippen LogP contribution in [-0.4, -0.2) is 12.6 Å². The zero-order valence-electron chi connectivity index (χ0n) is 10.6. The van der Waals surface area contributed by atoms with Crippen LogP contribution in [0.2, 0.25) is 0 Å². The van der Waals surface area contributed by atoms with Gasteiger partial charge in [0.2, 0.25) is 0 Å². The summed E-state index contributed by atoms with van der Waals surface area (Å²) in [6.07, 6.45) is 2.41. The molecule has 94 valence electrons. The molecule has 1 N–H and O–H groups in total. The topological polar surface area (TPSA) is 12.0 Å². The molecule has 1 heteroatoms. The highest BCUT2D eigenvalue weighted by molar-refractivity contribution is 5.14. The highest BCUT2D eigenvalue weighted by atomic mass is 14.9. The van der Waals surface area contributed by atoms with E-state index in [-0.39, 0.29) is 7.43 Å². The SMILES string of the molecule is C.CC.CC(C)NCCCc1ccccc1. The van der Waals surface area contributed by atoms with Gasteiger partial charge in [-0.1, -0.05) is 65.5 Å². The second kappa shape index (κ2) is 12.3. The molecule has 0 amide bonds. The van der Waals surface area contributed by atoms with Gasteiger partial charge in [0.05, 0.1) is 0 Å². The van der Waals surface area contributed by atoms with Crippen LogP contribution in [0.4, 0.5) is 0 Å². The molecule has 0 fully saturated rings. The first-order valence-corrected chi connectivity index (χ1v) is 6.06. The molecule has 0 saturated carbocycles. The lowest BCUT2D eigenvalue weighted by molar-refractivity contribution is 0.570. The number of nitrogens with one attached hydrogen (secondary N) is 1. The predicted molar refractivity (Wildman–Crippen MR) is 76.0 cm³/mol. The minimum Gasteiger partial charge on any atom is -0.315 e. The Morgan fingerprint density at radius 1 is 1.06 bits per heavy atom. The molecule has 1 aromatic rings. The van der Waals surface area contributed by atoms with Crippen LogP contribution in [0.3, 0.4) is 0 Å². The first-order chi connectivity index (χ1) is 7.29. The molecule has 0 aliphatic rings. The van der Waals surface area contributed by atoms with E-state index in [2.05, 4.69) is 49.5 Å². The smallest absolute Gasteiger partial charge is 0.00103 e. The molecule has 0 heterocycles. The van der Waals surface area contributed by atoms with Gasteiger partial charge in [0.15, 0.2) is 0 Å². The Hall–Kier alpha value is -0.820. The standard InChI is InChI=1S/C12H19N.C2H6.CH4/c1-11(2)13-10-6-9-12-7-4-3-5-8-12;1-2;/h3-5,7-8,11,13H,6,9-10H2,1-2H3;1-2H3;1H4. The molecule has 0 radical (unpaired) electrons. The highest BCUT2D eigenvalue weighted by Crippen LogP contribution is 2.01. The molecule has 0 unspecified atom stereocenters. The molecule has 1 rings (SSSR count). The van der Waals surface area contributed by atoms with Crippen LogP contribution in [0.25, 0.3) is 0 Å². The summed E-state index contributed by atoms with van der Waals surface area (Å²) in [5, 5.41) is 3.42. The minimum atomic E-state index is 0. The summed E-state index contributed by atoms with van der Waals surface area (Å²) in [5.41, 5.74) is 1.44. The van der Waals surface area contributed by atoms with Gasteiger partial charge in [-0.2, -0.15) is 0 Å². The van der Waals surface area contributed by atoms with Crippen molar-refractivity contribution in [1.29, 1.82) is 0 Å². The van der Waals surface area contributed by atoms with Crippen molar-refractivity contribution in [3.05, 3.63) is 35.9 Å². The van der Waals surface area contributed by atoms with Gasteiger partial charge >= 0.3 is 0 Å². The third-order valence-electron chi connectivity index (χ3n) is 2.04. The second-order valence-electron chi connectivity index (χ2n) is 3.70. The van der Waals surface area contributed by atoms with Gasteiger partial charge in [0.1, 0.15) is 0 Å². The molecule has 0 aliphatic heterocycles. The van der Waals surface area contributed by atoms with E-state index >= 15 is 0 Å². The van der Waals surface area contributed by atoms with E-state index in [4.69, 9.17) is 0 Å². The van der Waals surface area contributed by atoms with Crippen LogP contribution in [-0.2, 0) is 6.42 Å². The molecule has 0 spiro atoms. The largest absolute Gasteiger partial charge is 0.315 e. The fourth-order valence-electron chi connectivity index (χ4n) is 1.33. The Kier molecular flexibility index (Phi) is 13.5. The summed E-state index contributed by atoms with van der Waals surface area (Å²) in [6, 6.07) is 11.3. The number of rotatable bonds is 5. The molecular weight excluding hydrogens is 194 g/mol. The van der Waals surface area contributed by atoms with Crippen LogP contribution in [0.1, 0.15) is 47.1 Å². The summed E-state index contributed by atoms with van der Waals surface area (Å²) in [6.45, 7) is 9.48. The normalized spacial score (nSPS) is 9.06. The highest BCUT2D eigenvalue weighted by Gasteiger charge is 1.93. The van der Waals surface area contributed by atoms with Gasteiger partial charge in [-0.25, -0.2) is 0 Å². The first-order valence-electron chi connectivity index (χ1n) is 6.06. The maximum absolute atomic E-state index is 3.42. The lowest BCUT2D eigenvalue weighted by Gasteiger charge is -2.07. The van der Waals surface area contributed by atoms with E-state index in [0.717, 1.165) is 6.54 Å². The second-order valence-corrected chi connectivity index (χ2v) is 3.70. The van der Waals surface area contributed by atoms with Gasteiger partial charge < -0.3 is 5.32 Å². The van der Waals surface area contributed by atoms with Crippen molar-refractivity contribution < 1.29 is 0 Å². The zero-order valence-corrected chi connectivity index (χ0v) is 10.6. The quantitative estimate of drug-likeness (QED) is 0.735. The third-order valence-corrected chi connectivity index (χ3v) is 2.04. The van der Waals surface area contributed by atoms with Crippen LogP contribution in [0, 0.1) is 0 Å². The average Bonchev–Trinajstić information content (AvgIpc) is 2.28. The molecule has 0 aromatic heterocycles. The van der Waals surface area contributed by atoms with Gasteiger partial charge in [-0.3, -0.25) is 0 Å². The molecule has 16 heavy (non-hydrogen) atoms. The molecule has 1 nitrogen and oxygen atoms in total. The van der Waals surface area contributed by atoms with Crippen LogP contribution >= 0.6 is 0 Å². The third kappa shape index (κ3) is 9.72. The Balaban J connectivity index is 0. The molecular formula is C15H29N. The Morgan fingerprint density at radius 2 is 1.62 bits per heavy atom. The molecule has 0 bridgehead atoms. The van der Waals surface area contributed by atoms with Crippen molar-refractivity contribution in [2.45, 2.75) is 54.0 Å². The Labute approximate surface area is 102 Å². The van der Waals surface area contributed by atoms with Gasteiger partial charge in [0.25, 0.3) is 0 Å². The van der Waals surface area contributed by atoms with E-state index in [1.54, 1.807) is 0 Å². The van der Waals surface area contributed by atoms with Gasteiger partial charge in [-0.15, -0.1) is 0 Å². The fraction of sp³-hybridized carbons (Fsp3) is 0.600. The number of hydrogen-bond donors (Lipinski definition) is 1. The molecule has 1 aromatic carbocycles. The predicted octanol–water partition coefficient (Wildman–Crippen LogP) is 4.28. The van der Waals surface area contributed by atoms with Crippen LogP contribution in [0.5, 0.6) is 0 Å². The van der Waals surface area contributed by atoms with Crippen LogP contribution < -0.4 is 5.32 Å². The van der Waals surface area contributed by atoms with Crippen molar-refractivity contribution in [2.75, 3.05) is 6.54 Å². The summed E-state index contributed by atoms with van der Waals surface area (Å²) in [4.78, 5) is 0. The molecule has 0 aliphatic carbocycles. The monoisotopic (exact) mass is 223 g/mol. The van der Waals surface area contributed by atoms with E-state index in [1.807, 2.05) is 13.8 Å². The fourth-order valence-corrected chi connectivity index (χ4v) is 1.33. The number of aryl methyl sites for hydroxylation is 1. The van der Waals surface area contributed by atoms with Crippen LogP contribution in [0.15, 0.2) is 30.3 Å². The van der Waals surface area contributed by atoms with Crippen molar-refractivity contribution >= 4 is 0 Å². The maximum Gasteiger partial charge on any atom is 0.00103 e. The lowest BCUT2D eigenvalue weighted by atomic mass is 10.1.